The van der Waals surface area contributed by atoms with Crippen LogP contribution in [-0.4, -0.2) is 11.1 Å². The molecule has 0 radical (unpaired) electrons. The number of hydrogen-bond donors (Lipinski definition) is 2. The first-order valence-corrected chi connectivity index (χ1v) is 5.20. The maximum atomic E-state index is 10.8. The Morgan fingerprint density at radius 1 is 1.40 bits per heavy atom. The van der Waals surface area contributed by atoms with Crippen LogP contribution in [0, 0.1) is 0 Å². The molecule has 0 fully saturated rings. The number of aryl methyl sites for hydroxylation is 2. The third kappa shape index (κ3) is 2.57. The molecule has 1 atom stereocenters. The molecule has 3 N–H and O–H groups in total. The first-order chi connectivity index (χ1) is 7.10. The van der Waals surface area contributed by atoms with E-state index in [-0.39, 0.29) is 0 Å². The van der Waals surface area contributed by atoms with Gasteiger partial charge >= 0.3 is 5.97 Å². The topological polar surface area (TPSA) is 63.3 Å². The second-order valence-corrected chi connectivity index (χ2v) is 3.56. The van der Waals surface area contributed by atoms with Crippen molar-refractivity contribution in [2.24, 2.45) is 5.73 Å². The predicted molar refractivity (Wildman–Crippen MR) is 59.8 cm³/mol. The molecule has 0 saturated carbocycles. The van der Waals surface area contributed by atoms with Gasteiger partial charge in [-0.1, -0.05) is 32.0 Å². The summed E-state index contributed by atoms with van der Waals surface area (Å²) in [6, 6.07) is 4.98. The molecular weight excluding hydrogens is 190 g/mol. The van der Waals surface area contributed by atoms with Crippen molar-refractivity contribution in [1.82, 2.24) is 0 Å². The summed E-state index contributed by atoms with van der Waals surface area (Å²) in [5, 5.41) is 8.89. The third-order valence-corrected chi connectivity index (χ3v) is 2.60. The average Bonchev–Trinajstić information content (AvgIpc) is 2.27. The van der Waals surface area contributed by atoms with E-state index in [9.17, 15) is 4.79 Å². The lowest BCUT2D eigenvalue weighted by atomic mass is 9.96. The van der Waals surface area contributed by atoms with Crippen LogP contribution >= 0.6 is 0 Å². The molecule has 0 aliphatic heterocycles. The molecule has 0 amide bonds. The summed E-state index contributed by atoms with van der Waals surface area (Å²) in [4.78, 5) is 10.8. The molecule has 0 saturated heterocycles. The van der Waals surface area contributed by atoms with Crippen molar-refractivity contribution in [2.45, 2.75) is 32.7 Å². The number of carboxylic acid groups (broad SMARTS) is 1. The SMILES string of the molecule is CCc1ccc(CC)c(C(N)C(=O)O)c1. The van der Waals surface area contributed by atoms with Gasteiger partial charge in [0.2, 0.25) is 0 Å². The van der Waals surface area contributed by atoms with E-state index < -0.39 is 12.0 Å². The van der Waals surface area contributed by atoms with Gasteiger partial charge in [0.05, 0.1) is 0 Å². The van der Waals surface area contributed by atoms with Gasteiger partial charge in [0.15, 0.2) is 0 Å². The summed E-state index contributed by atoms with van der Waals surface area (Å²) in [5.41, 5.74) is 8.52. The fourth-order valence-corrected chi connectivity index (χ4v) is 1.61. The van der Waals surface area contributed by atoms with Gasteiger partial charge in [-0.05, 0) is 29.5 Å². The number of nitrogens with two attached hydrogens (primary N) is 1. The fourth-order valence-electron chi connectivity index (χ4n) is 1.61. The minimum Gasteiger partial charge on any atom is -0.480 e. The second-order valence-electron chi connectivity index (χ2n) is 3.56. The van der Waals surface area contributed by atoms with Crippen LogP contribution in [0.1, 0.15) is 36.6 Å². The van der Waals surface area contributed by atoms with E-state index in [0.717, 1.165) is 29.5 Å². The van der Waals surface area contributed by atoms with Gasteiger partial charge in [0.1, 0.15) is 6.04 Å². The van der Waals surface area contributed by atoms with Gasteiger partial charge < -0.3 is 10.8 Å². The Balaban J connectivity index is 3.16. The average molecular weight is 207 g/mol. The van der Waals surface area contributed by atoms with Crippen molar-refractivity contribution >= 4 is 5.97 Å². The number of carboxylic acids is 1. The van der Waals surface area contributed by atoms with Gasteiger partial charge in [0.25, 0.3) is 0 Å². The summed E-state index contributed by atoms with van der Waals surface area (Å²) in [5.74, 6) is -0.974. The molecule has 82 valence electrons. The maximum absolute atomic E-state index is 10.8. The highest BCUT2D eigenvalue weighted by Gasteiger charge is 2.17. The number of hydrogen-bond acceptors (Lipinski definition) is 2. The number of aliphatic carboxylic acids is 1. The van der Waals surface area contributed by atoms with Crippen LogP contribution < -0.4 is 5.73 Å². The summed E-state index contributed by atoms with van der Waals surface area (Å²) in [6.07, 6.45) is 1.70. The van der Waals surface area contributed by atoms with E-state index >= 15 is 0 Å². The van der Waals surface area contributed by atoms with Crippen molar-refractivity contribution in [3.63, 3.8) is 0 Å². The zero-order chi connectivity index (χ0) is 11.4. The van der Waals surface area contributed by atoms with Crippen molar-refractivity contribution in [3.05, 3.63) is 34.9 Å². The largest absolute Gasteiger partial charge is 0.480 e. The van der Waals surface area contributed by atoms with Crippen LogP contribution in [0.3, 0.4) is 0 Å². The highest BCUT2D eigenvalue weighted by atomic mass is 16.4. The maximum Gasteiger partial charge on any atom is 0.325 e. The molecule has 0 spiro atoms. The summed E-state index contributed by atoms with van der Waals surface area (Å²) in [7, 11) is 0. The lowest BCUT2D eigenvalue weighted by molar-refractivity contribution is -0.138. The molecule has 3 heteroatoms. The standard InChI is InChI=1S/C12H17NO2/c1-3-8-5-6-9(4-2)10(7-8)11(13)12(14)15/h5-7,11H,3-4,13H2,1-2H3,(H,14,15). The first-order valence-electron chi connectivity index (χ1n) is 5.20. The third-order valence-electron chi connectivity index (χ3n) is 2.60. The number of carbonyl (C=O) groups is 1. The van der Waals surface area contributed by atoms with E-state index in [2.05, 4.69) is 0 Å². The van der Waals surface area contributed by atoms with E-state index in [0.29, 0.717) is 0 Å². The summed E-state index contributed by atoms with van der Waals surface area (Å²) < 4.78 is 0. The zero-order valence-corrected chi connectivity index (χ0v) is 9.16. The van der Waals surface area contributed by atoms with Crippen LogP contribution in [-0.2, 0) is 17.6 Å². The normalized spacial score (nSPS) is 12.5. The summed E-state index contributed by atoms with van der Waals surface area (Å²) in [6.45, 7) is 4.04. The van der Waals surface area contributed by atoms with E-state index in [1.165, 1.54) is 0 Å². The van der Waals surface area contributed by atoms with Crippen LogP contribution in [0.15, 0.2) is 18.2 Å². The van der Waals surface area contributed by atoms with Crippen molar-refractivity contribution in [2.75, 3.05) is 0 Å². The minimum atomic E-state index is -0.974. The number of benzene rings is 1. The zero-order valence-electron chi connectivity index (χ0n) is 9.16. The lowest BCUT2D eigenvalue weighted by Crippen LogP contribution is -2.22. The smallest absolute Gasteiger partial charge is 0.325 e. The molecular formula is C12H17NO2. The van der Waals surface area contributed by atoms with Gasteiger partial charge in [-0.25, -0.2) is 0 Å². The van der Waals surface area contributed by atoms with Crippen LogP contribution in [0.5, 0.6) is 0 Å². The van der Waals surface area contributed by atoms with Crippen LogP contribution in [0.25, 0.3) is 0 Å². The summed E-state index contributed by atoms with van der Waals surface area (Å²) >= 11 is 0. The Kier molecular flexibility index (Phi) is 3.86. The molecule has 0 heterocycles. The molecule has 1 unspecified atom stereocenters. The van der Waals surface area contributed by atoms with E-state index in [4.69, 9.17) is 10.8 Å². The molecule has 1 aromatic carbocycles. The van der Waals surface area contributed by atoms with Gasteiger partial charge in [-0.2, -0.15) is 0 Å². The Morgan fingerprint density at radius 3 is 2.53 bits per heavy atom. The van der Waals surface area contributed by atoms with Crippen molar-refractivity contribution in [3.8, 4) is 0 Å². The molecule has 1 aromatic rings. The Morgan fingerprint density at radius 2 is 2.07 bits per heavy atom. The van der Waals surface area contributed by atoms with Gasteiger partial charge in [-0.15, -0.1) is 0 Å². The molecule has 15 heavy (non-hydrogen) atoms. The highest BCUT2D eigenvalue weighted by Crippen LogP contribution is 2.19. The Bertz CT molecular complexity index is 361. The fraction of sp³-hybridized carbons (Fsp3) is 0.417. The lowest BCUT2D eigenvalue weighted by Gasteiger charge is -2.13. The Labute approximate surface area is 89.9 Å². The molecule has 0 aromatic heterocycles. The van der Waals surface area contributed by atoms with E-state index in [1.807, 2.05) is 32.0 Å². The molecule has 0 aliphatic rings. The van der Waals surface area contributed by atoms with Crippen LogP contribution in [0.4, 0.5) is 0 Å². The minimum absolute atomic E-state index is 0.740. The van der Waals surface area contributed by atoms with Crippen molar-refractivity contribution < 1.29 is 9.90 Å². The van der Waals surface area contributed by atoms with Crippen LogP contribution in [0.2, 0.25) is 0 Å². The molecule has 0 bridgehead atoms. The number of rotatable bonds is 4. The molecule has 1 rings (SSSR count). The second kappa shape index (κ2) is 4.94. The van der Waals surface area contributed by atoms with Gasteiger partial charge in [0, 0.05) is 0 Å². The highest BCUT2D eigenvalue weighted by molar-refractivity contribution is 5.75. The molecule has 3 nitrogen and oxygen atoms in total. The monoisotopic (exact) mass is 207 g/mol. The Hall–Kier alpha value is -1.35. The van der Waals surface area contributed by atoms with E-state index in [1.54, 1.807) is 0 Å². The quantitative estimate of drug-likeness (QED) is 0.792. The predicted octanol–water partition coefficient (Wildman–Crippen LogP) is 1.90. The van der Waals surface area contributed by atoms with Gasteiger partial charge in [-0.3, -0.25) is 4.79 Å². The first kappa shape index (κ1) is 11.7. The van der Waals surface area contributed by atoms with Crippen molar-refractivity contribution in [1.29, 1.82) is 0 Å². The molecule has 0 aliphatic carbocycles.